The minimum Gasteiger partial charge on any atom is -0.356 e. The van der Waals surface area contributed by atoms with Crippen molar-refractivity contribution < 1.29 is 9.59 Å². The van der Waals surface area contributed by atoms with E-state index in [9.17, 15) is 9.59 Å². The number of nitrogens with zero attached hydrogens (tertiary/aromatic N) is 1. The van der Waals surface area contributed by atoms with Crippen LogP contribution in [0.2, 0.25) is 0 Å². The number of hydrogen-bond donors (Lipinski definition) is 1. The average Bonchev–Trinajstić information content (AvgIpc) is 2.27. The third-order valence-electron chi connectivity index (χ3n) is 2.76. The molecule has 1 N–H and O–H groups in total. The quantitative estimate of drug-likeness (QED) is 0.672. The third-order valence-corrected chi connectivity index (χ3v) is 2.76. The molecule has 0 aromatic heterocycles. The Morgan fingerprint density at radius 3 is 3.07 bits per heavy atom. The lowest BCUT2D eigenvalue weighted by molar-refractivity contribution is -0.121. The molecule has 4 heteroatoms. The summed E-state index contributed by atoms with van der Waals surface area (Å²) in [5.74, 6) is 0.277. The highest BCUT2D eigenvalue weighted by Crippen LogP contribution is 2.14. The first-order chi connectivity index (χ1) is 7.26. The molecule has 0 aliphatic carbocycles. The topological polar surface area (TPSA) is 49.4 Å². The fraction of sp³-hybridized carbons (Fsp3) is 0.818. The van der Waals surface area contributed by atoms with E-state index in [2.05, 4.69) is 10.2 Å². The van der Waals surface area contributed by atoms with Crippen molar-refractivity contribution in [1.82, 2.24) is 10.2 Å². The van der Waals surface area contributed by atoms with E-state index in [1.54, 1.807) is 0 Å². The zero-order valence-electron chi connectivity index (χ0n) is 9.37. The van der Waals surface area contributed by atoms with Gasteiger partial charge >= 0.3 is 0 Å². The second kappa shape index (κ2) is 6.56. The van der Waals surface area contributed by atoms with Crippen molar-refractivity contribution in [3.8, 4) is 0 Å². The minimum atomic E-state index is 0.103. The van der Waals surface area contributed by atoms with Crippen LogP contribution in [0, 0.1) is 5.92 Å². The summed E-state index contributed by atoms with van der Waals surface area (Å²) < 4.78 is 0. The molecule has 4 nitrogen and oxygen atoms in total. The molecule has 1 unspecified atom stereocenters. The fourth-order valence-electron chi connectivity index (χ4n) is 1.95. The lowest BCUT2D eigenvalue weighted by Crippen LogP contribution is -2.38. The number of aldehydes is 1. The molecule has 1 saturated heterocycles. The summed E-state index contributed by atoms with van der Waals surface area (Å²) in [6.45, 7) is 5.22. The smallest absolute Gasteiger partial charge is 0.221 e. The van der Waals surface area contributed by atoms with E-state index in [-0.39, 0.29) is 11.8 Å². The highest BCUT2D eigenvalue weighted by molar-refractivity contribution is 5.75. The largest absolute Gasteiger partial charge is 0.356 e. The maximum atomic E-state index is 11.2. The van der Waals surface area contributed by atoms with Gasteiger partial charge in [-0.05, 0) is 26.3 Å². The van der Waals surface area contributed by atoms with Crippen molar-refractivity contribution >= 4 is 12.2 Å². The van der Waals surface area contributed by atoms with Gasteiger partial charge < -0.3 is 15.0 Å². The molecule has 0 aromatic rings. The van der Waals surface area contributed by atoms with E-state index in [1.807, 2.05) is 6.92 Å². The summed E-state index contributed by atoms with van der Waals surface area (Å²) in [6.07, 6.45) is 3.65. The third kappa shape index (κ3) is 4.42. The van der Waals surface area contributed by atoms with Crippen LogP contribution in [0.5, 0.6) is 0 Å². The first-order valence-electron chi connectivity index (χ1n) is 5.70. The number of likely N-dealkylation sites (tertiary alicyclic amines) is 1. The molecule has 1 aliphatic heterocycles. The van der Waals surface area contributed by atoms with Gasteiger partial charge in [0, 0.05) is 32.0 Å². The fourth-order valence-corrected chi connectivity index (χ4v) is 1.95. The zero-order valence-corrected chi connectivity index (χ0v) is 9.37. The average molecular weight is 212 g/mol. The maximum Gasteiger partial charge on any atom is 0.221 e. The molecule has 0 bridgehead atoms. The predicted octanol–water partition coefficient (Wildman–Crippen LogP) is 0.424. The van der Waals surface area contributed by atoms with Gasteiger partial charge in [0.05, 0.1) is 0 Å². The van der Waals surface area contributed by atoms with Crippen molar-refractivity contribution in [2.45, 2.75) is 26.2 Å². The maximum absolute atomic E-state index is 11.2. The van der Waals surface area contributed by atoms with Crippen LogP contribution in [-0.4, -0.2) is 43.3 Å². The Balaban J connectivity index is 2.20. The Labute approximate surface area is 91.0 Å². The highest BCUT2D eigenvalue weighted by atomic mass is 16.1. The van der Waals surface area contributed by atoms with Crippen LogP contribution < -0.4 is 5.32 Å². The normalized spacial score (nSPS) is 22.3. The van der Waals surface area contributed by atoms with Crippen molar-refractivity contribution in [3.63, 3.8) is 0 Å². The van der Waals surface area contributed by atoms with Gasteiger partial charge in [-0.15, -0.1) is 0 Å². The van der Waals surface area contributed by atoms with Crippen molar-refractivity contribution in [2.75, 3.05) is 26.2 Å². The van der Waals surface area contributed by atoms with Crippen molar-refractivity contribution in [2.24, 2.45) is 5.92 Å². The summed E-state index contributed by atoms with van der Waals surface area (Å²) >= 11 is 0. The summed E-state index contributed by atoms with van der Waals surface area (Å²) in [5.41, 5.74) is 0. The second-order valence-electron chi connectivity index (χ2n) is 4.04. The van der Waals surface area contributed by atoms with Crippen LogP contribution in [0.3, 0.4) is 0 Å². The van der Waals surface area contributed by atoms with Gasteiger partial charge in [-0.2, -0.15) is 0 Å². The van der Waals surface area contributed by atoms with E-state index in [0.29, 0.717) is 13.0 Å². The summed E-state index contributed by atoms with van der Waals surface area (Å²) in [4.78, 5) is 24.1. The zero-order chi connectivity index (χ0) is 11.1. The number of hydrogen-bond acceptors (Lipinski definition) is 3. The monoisotopic (exact) mass is 212 g/mol. The molecule has 0 radical (unpaired) electrons. The van der Waals surface area contributed by atoms with Gasteiger partial charge in [-0.25, -0.2) is 0 Å². The number of amides is 1. The highest BCUT2D eigenvalue weighted by Gasteiger charge is 2.19. The molecular weight excluding hydrogens is 192 g/mol. The number of carbonyl (C=O) groups is 2. The Morgan fingerprint density at radius 2 is 2.40 bits per heavy atom. The van der Waals surface area contributed by atoms with Crippen LogP contribution in [0.15, 0.2) is 0 Å². The lowest BCUT2D eigenvalue weighted by Gasteiger charge is -2.29. The summed E-state index contributed by atoms with van der Waals surface area (Å²) in [5, 5.41) is 2.78. The van der Waals surface area contributed by atoms with Crippen molar-refractivity contribution in [1.29, 1.82) is 0 Å². The van der Waals surface area contributed by atoms with Gasteiger partial charge in [-0.3, -0.25) is 4.79 Å². The Kier molecular flexibility index (Phi) is 5.32. The van der Waals surface area contributed by atoms with Gasteiger partial charge in [0.2, 0.25) is 5.91 Å². The van der Waals surface area contributed by atoms with Crippen LogP contribution in [0.1, 0.15) is 26.2 Å². The van der Waals surface area contributed by atoms with E-state index < -0.39 is 0 Å². The molecular formula is C11H20N2O2. The summed E-state index contributed by atoms with van der Waals surface area (Å²) in [6, 6.07) is 0. The van der Waals surface area contributed by atoms with E-state index in [4.69, 9.17) is 0 Å². The molecule has 0 aromatic carbocycles. The van der Waals surface area contributed by atoms with Crippen molar-refractivity contribution in [3.05, 3.63) is 0 Å². The van der Waals surface area contributed by atoms with Gasteiger partial charge in [0.1, 0.15) is 6.29 Å². The Bertz CT molecular complexity index is 219. The first kappa shape index (κ1) is 12.2. The van der Waals surface area contributed by atoms with E-state index in [1.165, 1.54) is 0 Å². The van der Waals surface area contributed by atoms with Gasteiger partial charge in [0.15, 0.2) is 0 Å². The molecule has 1 rings (SSSR count). The molecule has 86 valence electrons. The molecule has 0 spiro atoms. The van der Waals surface area contributed by atoms with Gasteiger partial charge in [-0.1, -0.05) is 0 Å². The predicted molar refractivity (Wildman–Crippen MR) is 58.5 cm³/mol. The summed E-state index contributed by atoms with van der Waals surface area (Å²) in [7, 11) is 0. The number of carbonyl (C=O) groups excluding carboxylic acids is 2. The molecule has 0 saturated carbocycles. The Hall–Kier alpha value is -0.900. The van der Waals surface area contributed by atoms with Crippen LogP contribution in [0.4, 0.5) is 0 Å². The van der Waals surface area contributed by atoms with Crippen LogP contribution in [-0.2, 0) is 9.59 Å². The van der Waals surface area contributed by atoms with E-state index in [0.717, 1.165) is 38.8 Å². The van der Waals surface area contributed by atoms with Crippen LogP contribution >= 0.6 is 0 Å². The molecule has 1 heterocycles. The number of piperidine rings is 1. The first-order valence-corrected chi connectivity index (χ1v) is 5.70. The molecule has 1 amide bonds. The number of nitrogens with one attached hydrogen (secondary N) is 1. The molecule has 1 fully saturated rings. The lowest BCUT2D eigenvalue weighted by atomic mass is 10.00. The van der Waals surface area contributed by atoms with E-state index >= 15 is 0 Å². The second-order valence-corrected chi connectivity index (χ2v) is 4.04. The Morgan fingerprint density at radius 1 is 1.60 bits per heavy atom. The van der Waals surface area contributed by atoms with Crippen LogP contribution in [0.25, 0.3) is 0 Å². The molecule has 1 atom stereocenters. The molecule has 1 aliphatic rings. The number of rotatable bonds is 5. The minimum absolute atomic E-state index is 0.103. The molecule has 15 heavy (non-hydrogen) atoms. The van der Waals surface area contributed by atoms with Gasteiger partial charge in [0.25, 0.3) is 0 Å². The standard InChI is InChI=1S/C11H20N2O2/c1-2-12-11(15)5-7-13-6-3-4-10(8-13)9-14/h9-10H,2-8H2,1H3,(H,12,15). The SMILES string of the molecule is CCNC(=O)CCN1CCCC(C=O)C1.